The molecule has 1 N–H and O–H groups in total. The molecule has 3 aromatic carbocycles. The van der Waals surface area contributed by atoms with E-state index in [1.165, 1.54) is 29.2 Å². The van der Waals surface area contributed by atoms with Gasteiger partial charge in [-0.1, -0.05) is 84.5 Å². The maximum absolute atomic E-state index is 13.9. The Morgan fingerprint density at radius 2 is 1.59 bits per heavy atom. The molecule has 0 heterocycles. The molecule has 0 fully saturated rings. The number of unbranched alkanes of at least 4 members (excludes halogenated alkanes) is 1. The summed E-state index contributed by atoms with van der Waals surface area (Å²) >= 11 is 18.7. The molecule has 39 heavy (non-hydrogen) atoms. The second-order valence-electron chi connectivity index (χ2n) is 8.87. The van der Waals surface area contributed by atoms with E-state index < -0.39 is 28.5 Å². The molecule has 0 aliphatic carbocycles. The number of benzene rings is 3. The van der Waals surface area contributed by atoms with E-state index in [1.807, 2.05) is 6.92 Å². The molecule has 0 unspecified atom stereocenters. The largest absolute Gasteiger partial charge is 0.354 e. The summed E-state index contributed by atoms with van der Waals surface area (Å²) in [6.45, 7) is 3.53. The molecule has 0 saturated heterocycles. The van der Waals surface area contributed by atoms with Crippen molar-refractivity contribution in [2.45, 2.75) is 44.2 Å². The quantitative estimate of drug-likeness (QED) is 0.248. The minimum atomic E-state index is -4.24. The van der Waals surface area contributed by atoms with Crippen LogP contribution in [-0.2, 0) is 26.2 Å². The van der Waals surface area contributed by atoms with Crippen molar-refractivity contribution in [2.75, 3.05) is 17.4 Å². The zero-order valence-corrected chi connectivity index (χ0v) is 24.7. The topological polar surface area (TPSA) is 86.8 Å². The van der Waals surface area contributed by atoms with E-state index in [1.54, 1.807) is 55.5 Å². The standard InChI is InChI=1S/C28H30Cl3N3O4S/c1-3-4-17-32-28(36)20(2)33(18-21-13-15-22(29)16-14-21)26(35)19-34(25-12-8-11-24(30)27(25)31)39(37,38)23-9-6-5-7-10-23/h5-16,20H,3-4,17-19H2,1-2H3,(H,32,36)/t20-/m0/s1. The number of hydrogen-bond acceptors (Lipinski definition) is 4. The number of halogens is 3. The molecule has 0 saturated carbocycles. The van der Waals surface area contributed by atoms with Gasteiger partial charge in [0.05, 0.1) is 20.6 Å². The van der Waals surface area contributed by atoms with Gasteiger partial charge < -0.3 is 10.2 Å². The van der Waals surface area contributed by atoms with Gasteiger partial charge in [0.2, 0.25) is 11.8 Å². The van der Waals surface area contributed by atoms with Gasteiger partial charge in [-0.2, -0.15) is 0 Å². The Balaban J connectivity index is 2.02. The third kappa shape index (κ3) is 7.88. The van der Waals surface area contributed by atoms with Crippen LogP contribution in [0.5, 0.6) is 0 Å². The van der Waals surface area contributed by atoms with Gasteiger partial charge in [0.25, 0.3) is 10.0 Å². The van der Waals surface area contributed by atoms with Crippen molar-refractivity contribution >= 4 is 62.3 Å². The number of hydrogen-bond donors (Lipinski definition) is 1. The van der Waals surface area contributed by atoms with Crippen molar-refractivity contribution in [3.63, 3.8) is 0 Å². The average Bonchev–Trinajstić information content (AvgIpc) is 2.93. The molecule has 7 nitrogen and oxygen atoms in total. The maximum atomic E-state index is 13.9. The third-order valence-electron chi connectivity index (χ3n) is 6.07. The molecule has 3 rings (SSSR count). The van der Waals surface area contributed by atoms with Crippen molar-refractivity contribution < 1.29 is 18.0 Å². The van der Waals surface area contributed by atoms with Crippen LogP contribution in [0.2, 0.25) is 15.1 Å². The molecule has 0 bridgehead atoms. The first-order valence-corrected chi connectivity index (χ1v) is 15.0. The van der Waals surface area contributed by atoms with Crippen molar-refractivity contribution in [2.24, 2.45) is 0 Å². The van der Waals surface area contributed by atoms with Crippen LogP contribution in [0.1, 0.15) is 32.3 Å². The van der Waals surface area contributed by atoms with Crippen LogP contribution < -0.4 is 9.62 Å². The number of nitrogens with one attached hydrogen (secondary N) is 1. The molecule has 11 heteroatoms. The average molecular weight is 611 g/mol. The highest BCUT2D eigenvalue weighted by molar-refractivity contribution is 7.92. The summed E-state index contributed by atoms with van der Waals surface area (Å²) in [6.07, 6.45) is 1.69. The second kappa shape index (κ2) is 14.0. The van der Waals surface area contributed by atoms with Crippen molar-refractivity contribution in [3.05, 3.63) is 93.4 Å². The minimum Gasteiger partial charge on any atom is -0.354 e. The molecule has 0 radical (unpaired) electrons. The predicted octanol–water partition coefficient (Wildman–Crippen LogP) is 6.18. The van der Waals surface area contributed by atoms with Crippen molar-refractivity contribution in [1.82, 2.24) is 10.2 Å². The minimum absolute atomic E-state index is 0.0129. The highest BCUT2D eigenvalue weighted by atomic mass is 35.5. The Morgan fingerprint density at radius 1 is 0.923 bits per heavy atom. The smallest absolute Gasteiger partial charge is 0.264 e. The molecule has 0 aliphatic heterocycles. The highest BCUT2D eigenvalue weighted by Crippen LogP contribution is 2.35. The van der Waals surface area contributed by atoms with Crippen LogP contribution in [0.25, 0.3) is 0 Å². The summed E-state index contributed by atoms with van der Waals surface area (Å²) < 4.78 is 28.5. The van der Waals surface area contributed by atoms with E-state index in [4.69, 9.17) is 34.8 Å². The number of amides is 2. The van der Waals surface area contributed by atoms with Crippen LogP contribution in [0.3, 0.4) is 0 Å². The maximum Gasteiger partial charge on any atom is 0.264 e. The van der Waals surface area contributed by atoms with Crippen LogP contribution in [0.15, 0.2) is 77.7 Å². The Kier molecular flexibility index (Phi) is 11.1. The van der Waals surface area contributed by atoms with Gasteiger partial charge in [0.1, 0.15) is 12.6 Å². The zero-order chi connectivity index (χ0) is 28.6. The van der Waals surface area contributed by atoms with Crippen molar-refractivity contribution in [1.29, 1.82) is 0 Å². The Labute approximate surface area is 244 Å². The van der Waals surface area contributed by atoms with E-state index in [2.05, 4.69) is 5.32 Å². The van der Waals surface area contributed by atoms with E-state index in [9.17, 15) is 18.0 Å². The van der Waals surface area contributed by atoms with Gasteiger partial charge in [-0.15, -0.1) is 0 Å². The first kappa shape index (κ1) is 30.8. The lowest BCUT2D eigenvalue weighted by molar-refractivity contribution is -0.139. The summed E-state index contributed by atoms with van der Waals surface area (Å²) in [5.41, 5.74) is 0.770. The number of anilines is 1. The molecule has 208 valence electrons. The third-order valence-corrected chi connectivity index (χ3v) is 8.91. The number of rotatable bonds is 12. The van der Waals surface area contributed by atoms with Gasteiger partial charge in [0.15, 0.2) is 0 Å². The highest BCUT2D eigenvalue weighted by Gasteiger charge is 2.33. The normalized spacial score (nSPS) is 12.0. The van der Waals surface area contributed by atoms with Gasteiger partial charge in [0, 0.05) is 18.1 Å². The van der Waals surface area contributed by atoms with E-state index in [0.717, 1.165) is 22.7 Å². The summed E-state index contributed by atoms with van der Waals surface area (Å²) in [4.78, 5) is 28.2. The second-order valence-corrected chi connectivity index (χ2v) is 12.0. The molecule has 2 amide bonds. The van der Waals surface area contributed by atoms with Crippen LogP contribution in [-0.4, -0.2) is 44.3 Å². The Morgan fingerprint density at radius 3 is 2.23 bits per heavy atom. The fourth-order valence-electron chi connectivity index (χ4n) is 3.82. The summed E-state index contributed by atoms with van der Waals surface area (Å²) in [5.74, 6) is -0.942. The fourth-order valence-corrected chi connectivity index (χ4v) is 5.84. The Hall–Kier alpha value is -2.78. The number of carbonyl (C=O) groups excluding carboxylic acids is 2. The monoisotopic (exact) mass is 609 g/mol. The molecule has 1 atom stereocenters. The van der Waals surface area contributed by atoms with Gasteiger partial charge in [-0.05, 0) is 55.3 Å². The lowest BCUT2D eigenvalue weighted by Gasteiger charge is -2.32. The van der Waals surface area contributed by atoms with E-state index in [-0.39, 0.29) is 33.1 Å². The van der Waals surface area contributed by atoms with Gasteiger partial charge >= 0.3 is 0 Å². The predicted molar refractivity (Wildman–Crippen MR) is 157 cm³/mol. The van der Waals surface area contributed by atoms with Crippen LogP contribution >= 0.6 is 34.8 Å². The number of nitrogens with zero attached hydrogens (tertiary/aromatic N) is 2. The van der Waals surface area contributed by atoms with Crippen LogP contribution in [0, 0.1) is 0 Å². The molecule has 3 aromatic rings. The molecular weight excluding hydrogens is 581 g/mol. The van der Waals surface area contributed by atoms with Gasteiger partial charge in [-0.25, -0.2) is 8.42 Å². The Bertz CT molecular complexity index is 1390. The summed E-state index contributed by atoms with van der Waals surface area (Å²) in [5, 5.41) is 3.50. The van der Waals surface area contributed by atoms with E-state index in [0.29, 0.717) is 11.6 Å². The first-order valence-electron chi connectivity index (χ1n) is 12.4. The van der Waals surface area contributed by atoms with Crippen molar-refractivity contribution in [3.8, 4) is 0 Å². The lowest BCUT2D eigenvalue weighted by atomic mass is 10.1. The van der Waals surface area contributed by atoms with Crippen LogP contribution in [0.4, 0.5) is 5.69 Å². The molecule has 0 aromatic heterocycles. The van der Waals surface area contributed by atoms with Gasteiger partial charge in [-0.3, -0.25) is 13.9 Å². The summed E-state index contributed by atoms with van der Waals surface area (Å²) in [7, 11) is -4.24. The molecule has 0 spiro atoms. The SMILES string of the molecule is CCCCNC(=O)[C@H](C)N(Cc1ccc(Cl)cc1)C(=O)CN(c1cccc(Cl)c1Cl)S(=O)(=O)c1ccccc1. The lowest BCUT2D eigenvalue weighted by Crippen LogP contribution is -2.51. The molecule has 0 aliphatic rings. The number of sulfonamides is 1. The number of carbonyl (C=O) groups is 2. The first-order chi connectivity index (χ1) is 18.6. The zero-order valence-electron chi connectivity index (χ0n) is 21.6. The summed E-state index contributed by atoms with van der Waals surface area (Å²) in [6, 6.07) is 18.3. The fraction of sp³-hybridized carbons (Fsp3) is 0.286. The van der Waals surface area contributed by atoms with E-state index >= 15 is 0 Å². The molecular formula is C28H30Cl3N3O4S.